The molecule has 0 bridgehead atoms. The number of hydrogen-bond donors (Lipinski definition) is 0. The molecule has 2 aromatic carbocycles. The molecule has 6 heteroatoms. The van der Waals surface area contributed by atoms with Crippen LogP contribution in [0.25, 0.3) is 0 Å². The Morgan fingerprint density at radius 3 is 1.33 bits per heavy atom. The zero-order chi connectivity index (χ0) is 17.2. The molecule has 0 radical (unpaired) electrons. The van der Waals surface area contributed by atoms with E-state index in [4.69, 9.17) is 32.2 Å². The Hall–Kier alpha value is -0.960. The lowest BCUT2D eigenvalue weighted by atomic mass is 10.1. The Kier molecular flexibility index (Phi) is 8.72. The Morgan fingerprint density at radius 1 is 0.667 bits per heavy atom. The first-order chi connectivity index (χ1) is 11.7. The van der Waals surface area contributed by atoms with E-state index in [9.17, 15) is 4.57 Å². The molecule has 0 aliphatic rings. The molecule has 2 rings (SSSR count). The van der Waals surface area contributed by atoms with Gasteiger partial charge in [-0.05, 0) is 35.1 Å². The summed E-state index contributed by atoms with van der Waals surface area (Å²) in [6.45, 7) is 0.510. The van der Waals surface area contributed by atoms with Crippen LogP contribution in [0, 0.1) is 0 Å². The van der Waals surface area contributed by atoms with Gasteiger partial charge in [-0.3, -0.25) is 0 Å². The molecule has 0 atom stereocenters. The van der Waals surface area contributed by atoms with Crippen molar-refractivity contribution in [1.29, 1.82) is 0 Å². The van der Waals surface area contributed by atoms with E-state index in [0.717, 1.165) is 24.0 Å². The maximum Gasteiger partial charge on any atom is 0.698 e. The average molecular weight is 386 g/mol. The van der Waals surface area contributed by atoms with Crippen molar-refractivity contribution in [2.45, 2.75) is 26.1 Å². The maximum absolute atomic E-state index is 11.8. The van der Waals surface area contributed by atoms with E-state index >= 15 is 0 Å². The summed E-state index contributed by atoms with van der Waals surface area (Å²) >= 11 is 11.4. The second-order valence-corrected chi connectivity index (χ2v) is 7.00. The summed E-state index contributed by atoms with van der Waals surface area (Å²) < 4.78 is 22.3. The molecule has 0 N–H and O–H groups in total. The number of benzene rings is 2. The van der Waals surface area contributed by atoms with Crippen molar-refractivity contribution in [1.82, 2.24) is 0 Å². The van der Waals surface area contributed by atoms with E-state index in [1.54, 1.807) is 0 Å². The van der Waals surface area contributed by atoms with Gasteiger partial charge in [0, 0.05) is 16.3 Å². The van der Waals surface area contributed by atoms with Crippen LogP contribution >= 0.6 is 31.5 Å². The first-order valence-corrected chi connectivity index (χ1v) is 9.88. The van der Waals surface area contributed by atoms with Crippen LogP contribution in [0.15, 0.2) is 48.5 Å². The van der Waals surface area contributed by atoms with E-state index in [-0.39, 0.29) is 13.2 Å². The fourth-order valence-corrected chi connectivity index (χ4v) is 3.13. The minimum Gasteiger partial charge on any atom is -0.126 e. The second-order valence-electron chi connectivity index (χ2n) is 5.28. The zero-order valence-corrected chi connectivity index (χ0v) is 15.7. The van der Waals surface area contributed by atoms with E-state index in [1.807, 2.05) is 48.5 Å². The van der Waals surface area contributed by atoms with Crippen LogP contribution in [-0.4, -0.2) is 11.8 Å². The van der Waals surface area contributed by atoms with Gasteiger partial charge in [0.1, 0.15) is 13.2 Å². The predicted octanol–water partition coefficient (Wildman–Crippen LogP) is 5.64. The van der Waals surface area contributed by atoms with Crippen LogP contribution in [0.2, 0.25) is 0 Å². The molecule has 0 spiro atoms. The quantitative estimate of drug-likeness (QED) is 0.392. The number of aryl methyl sites for hydroxylation is 2. The van der Waals surface area contributed by atoms with Gasteiger partial charge in [0.05, 0.1) is 0 Å². The van der Waals surface area contributed by atoms with E-state index in [1.165, 1.54) is 11.1 Å². The van der Waals surface area contributed by atoms with E-state index in [0.29, 0.717) is 11.8 Å². The number of hydrogen-bond acceptors (Lipinski definition) is 3. The van der Waals surface area contributed by atoms with Crippen molar-refractivity contribution in [3.63, 3.8) is 0 Å². The highest BCUT2D eigenvalue weighted by molar-refractivity contribution is 7.33. The predicted molar refractivity (Wildman–Crippen MR) is 98.9 cm³/mol. The van der Waals surface area contributed by atoms with Gasteiger partial charge >= 0.3 is 8.25 Å². The summed E-state index contributed by atoms with van der Waals surface area (Å²) in [6, 6.07) is 15.8. The summed E-state index contributed by atoms with van der Waals surface area (Å²) in [7, 11) is -2.15. The Balaban J connectivity index is 1.72. The zero-order valence-electron chi connectivity index (χ0n) is 13.3. The first kappa shape index (κ1) is 19.4. The van der Waals surface area contributed by atoms with Gasteiger partial charge in [-0.25, -0.2) is 0 Å². The summed E-state index contributed by atoms with van der Waals surface area (Å²) in [5.41, 5.74) is 4.25. The second kappa shape index (κ2) is 10.8. The van der Waals surface area contributed by atoms with Crippen LogP contribution in [0.1, 0.15) is 22.3 Å². The molecular weight excluding hydrogens is 366 g/mol. The lowest BCUT2D eigenvalue weighted by Crippen LogP contribution is -1.92. The highest BCUT2D eigenvalue weighted by Gasteiger charge is 2.20. The van der Waals surface area contributed by atoms with Crippen molar-refractivity contribution in [2.24, 2.45) is 0 Å². The molecule has 0 heterocycles. The number of alkyl halides is 2. The maximum atomic E-state index is 11.8. The summed E-state index contributed by atoms with van der Waals surface area (Å²) in [4.78, 5) is 0. The van der Waals surface area contributed by atoms with Gasteiger partial charge in [0.2, 0.25) is 0 Å². The monoisotopic (exact) mass is 385 g/mol. The largest absolute Gasteiger partial charge is 0.698 e. The lowest BCUT2D eigenvalue weighted by molar-refractivity contribution is 0.213. The molecule has 3 nitrogen and oxygen atoms in total. The van der Waals surface area contributed by atoms with Crippen molar-refractivity contribution in [3.8, 4) is 0 Å². The van der Waals surface area contributed by atoms with E-state index in [2.05, 4.69) is 0 Å². The molecular formula is C18H20Cl2O3P+. The summed E-state index contributed by atoms with van der Waals surface area (Å²) in [6.07, 6.45) is 1.67. The highest BCUT2D eigenvalue weighted by atomic mass is 35.5. The standard InChI is InChI=1S/C18H20Cl2O3P/c19-11-9-15-1-5-17(6-2-15)13-22-24(21)23-14-18-7-3-16(4-8-18)10-12-20/h1-8H,9-14H2/q+1. The SMILES string of the molecule is O=[P+](OCc1ccc(CCCl)cc1)OCc1ccc(CCCl)cc1. The molecule has 24 heavy (non-hydrogen) atoms. The Bertz CT molecular complexity index is 574. The molecule has 0 unspecified atom stereocenters. The third kappa shape index (κ3) is 6.88. The fourth-order valence-electron chi connectivity index (χ4n) is 2.11. The molecule has 0 aliphatic carbocycles. The van der Waals surface area contributed by atoms with Crippen LogP contribution in [0.3, 0.4) is 0 Å². The topological polar surface area (TPSA) is 35.5 Å². The average Bonchev–Trinajstić information content (AvgIpc) is 2.61. The molecule has 0 saturated heterocycles. The van der Waals surface area contributed by atoms with Gasteiger partial charge in [-0.15, -0.1) is 32.2 Å². The van der Waals surface area contributed by atoms with Crippen LogP contribution in [0.5, 0.6) is 0 Å². The Morgan fingerprint density at radius 2 is 1.00 bits per heavy atom. The molecule has 0 aliphatic heterocycles. The van der Waals surface area contributed by atoms with Gasteiger partial charge < -0.3 is 0 Å². The minimum absolute atomic E-state index is 0.255. The Labute approximate surface area is 153 Å². The highest BCUT2D eigenvalue weighted by Crippen LogP contribution is 2.27. The van der Waals surface area contributed by atoms with Crippen molar-refractivity contribution >= 4 is 31.5 Å². The lowest BCUT2D eigenvalue weighted by Gasteiger charge is -2.00. The number of rotatable bonds is 10. The van der Waals surface area contributed by atoms with Crippen molar-refractivity contribution < 1.29 is 13.6 Å². The van der Waals surface area contributed by atoms with Gasteiger partial charge in [-0.1, -0.05) is 48.5 Å². The normalized spacial score (nSPS) is 10.8. The fraction of sp³-hybridized carbons (Fsp3) is 0.333. The van der Waals surface area contributed by atoms with Crippen LogP contribution in [-0.2, 0) is 39.7 Å². The molecule has 0 amide bonds. The van der Waals surface area contributed by atoms with Crippen molar-refractivity contribution in [2.75, 3.05) is 11.8 Å². The van der Waals surface area contributed by atoms with Gasteiger partial charge in [0.15, 0.2) is 0 Å². The molecule has 0 saturated carbocycles. The summed E-state index contributed by atoms with van der Waals surface area (Å²) in [5, 5.41) is 0. The van der Waals surface area contributed by atoms with Crippen molar-refractivity contribution in [3.05, 3.63) is 70.8 Å². The summed E-state index contributed by atoms with van der Waals surface area (Å²) in [5.74, 6) is 1.20. The van der Waals surface area contributed by atoms with Crippen LogP contribution in [0.4, 0.5) is 0 Å². The molecule has 0 aromatic heterocycles. The van der Waals surface area contributed by atoms with Gasteiger partial charge in [-0.2, -0.15) is 0 Å². The van der Waals surface area contributed by atoms with E-state index < -0.39 is 8.25 Å². The first-order valence-electron chi connectivity index (χ1n) is 7.72. The smallest absolute Gasteiger partial charge is 0.126 e. The number of halogens is 2. The van der Waals surface area contributed by atoms with Gasteiger partial charge in [0.25, 0.3) is 0 Å². The molecule has 2 aromatic rings. The third-order valence-corrected chi connectivity index (χ3v) is 4.54. The van der Waals surface area contributed by atoms with Crippen LogP contribution < -0.4 is 0 Å². The third-order valence-electron chi connectivity index (χ3n) is 3.49. The molecule has 0 fully saturated rings. The molecule has 128 valence electrons. The minimum atomic E-state index is -2.15.